The van der Waals surface area contributed by atoms with Crippen LogP contribution in [-0.4, -0.2) is 23.8 Å². The number of hydrogen-bond acceptors (Lipinski definition) is 2. The molecule has 0 aromatic heterocycles. The van der Waals surface area contributed by atoms with E-state index in [1.165, 1.54) is 11.0 Å². The Morgan fingerprint density at radius 2 is 1.92 bits per heavy atom. The molecule has 0 spiro atoms. The fraction of sp³-hybridized carbons (Fsp3) is 0.263. The minimum absolute atomic E-state index is 0.0602. The van der Waals surface area contributed by atoms with Crippen molar-refractivity contribution in [3.63, 3.8) is 0 Å². The molecule has 25 heavy (non-hydrogen) atoms. The molecule has 6 heteroatoms. The summed E-state index contributed by atoms with van der Waals surface area (Å²) in [6, 6.07) is 10.3. The second-order valence-corrected chi connectivity index (χ2v) is 6.19. The van der Waals surface area contributed by atoms with E-state index in [1.807, 2.05) is 12.1 Å². The summed E-state index contributed by atoms with van der Waals surface area (Å²) in [6.45, 7) is 1.74. The Labute approximate surface area is 144 Å². The zero-order valence-electron chi connectivity index (χ0n) is 13.9. The molecule has 2 aromatic carbocycles. The third-order valence-electron chi connectivity index (χ3n) is 4.65. The van der Waals surface area contributed by atoms with Gasteiger partial charge in [0.2, 0.25) is 11.8 Å². The number of para-hydroxylation sites is 1. The van der Waals surface area contributed by atoms with E-state index in [2.05, 4.69) is 5.32 Å². The van der Waals surface area contributed by atoms with Gasteiger partial charge in [-0.15, -0.1) is 0 Å². The lowest BCUT2D eigenvalue weighted by molar-refractivity contribution is -0.135. The summed E-state index contributed by atoms with van der Waals surface area (Å²) in [5.74, 6) is -2.93. The van der Waals surface area contributed by atoms with Gasteiger partial charge in [-0.3, -0.25) is 9.59 Å². The van der Waals surface area contributed by atoms with Gasteiger partial charge in [0, 0.05) is 19.2 Å². The van der Waals surface area contributed by atoms with Crippen LogP contribution in [0.3, 0.4) is 0 Å². The first-order valence-corrected chi connectivity index (χ1v) is 7.99. The van der Waals surface area contributed by atoms with Crippen LogP contribution >= 0.6 is 0 Å². The Morgan fingerprint density at radius 1 is 1.20 bits per heavy atom. The van der Waals surface area contributed by atoms with Gasteiger partial charge in [0.25, 0.3) is 0 Å². The summed E-state index contributed by atoms with van der Waals surface area (Å²) in [6.07, 6.45) is 0.0602. The maximum absolute atomic E-state index is 13.5. The lowest BCUT2D eigenvalue weighted by atomic mass is 9.89. The van der Waals surface area contributed by atoms with E-state index < -0.39 is 23.6 Å². The summed E-state index contributed by atoms with van der Waals surface area (Å²) >= 11 is 0. The van der Waals surface area contributed by atoms with Gasteiger partial charge in [0.1, 0.15) is 0 Å². The number of amides is 2. The SMILES string of the molecule is CC(c1ccc(F)c(F)c1)N(C)C(=O)C1CC(=O)Nc2ccccc21. The first-order valence-electron chi connectivity index (χ1n) is 7.99. The number of benzene rings is 2. The number of rotatable bonds is 3. The molecule has 1 heterocycles. The molecule has 0 saturated heterocycles. The quantitative estimate of drug-likeness (QED) is 0.925. The lowest BCUT2D eigenvalue weighted by Gasteiger charge is -2.32. The van der Waals surface area contributed by atoms with Crippen molar-refractivity contribution in [2.75, 3.05) is 12.4 Å². The van der Waals surface area contributed by atoms with Crippen molar-refractivity contribution in [3.8, 4) is 0 Å². The average Bonchev–Trinajstić information content (AvgIpc) is 2.61. The van der Waals surface area contributed by atoms with E-state index in [0.29, 0.717) is 11.3 Å². The van der Waals surface area contributed by atoms with Gasteiger partial charge >= 0.3 is 0 Å². The molecule has 0 bridgehead atoms. The van der Waals surface area contributed by atoms with Crippen molar-refractivity contribution in [2.45, 2.75) is 25.3 Å². The third kappa shape index (κ3) is 3.24. The van der Waals surface area contributed by atoms with Crippen molar-refractivity contribution in [1.29, 1.82) is 0 Å². The van der Waals surface area contributed by atoms with Crippen LogP contribution in [0.2, 0.25) is 0 Å². The zero-order chi connectivity index (χ0) is 18.1. The van der Waals surface area contributed by atoms with Crippen LogP contribution < -0.4 is 5.32 Å². The molecule has 0 fully saturated rings. The second-order valence-electron chi connectivity index (χ2n) is 6.19. The predicted octanol–water partition coefficient (Wildman–Crippen LogP) is 3.61. The van der Waals surface area contributed by atoms with E-state index in [-0.39, 0.29) is 18.2 Å². The first-order chi connectivity index (χ1) is 11.9. The molecule has 2 atom stereocenters. The molecule has 1 aliphatic heterocycles. The van der Waals surface area contributed by atoms with Crippen LogP contribution in [0.15, 0.2) is 42.5 Å². The number of carbonyl (C=O) groups excluding carboxylic acids is 2. The van der Waals surface area contributed by atoms with E-state index >= 15 is 0 Å². The van der Waals surface area contributed by atoms with Crippen molar-refractivity contribution < 1.29 is 18.4 Å². The van der Waals surface area contributed by atoms with Crippen LogP contribution in [0.1, 0.15) is 36.4 Å². The summed E-state index contributed by atoms with van der Waals surface area (Å²) < 4.78 is 26.6. The normalized spacial score (nSPS) is 17.4. The molecular weight excluding hydrogens is 326 g/mol. The molecule has 0 radical (unpaired) electrons. The Balaban J connectivity index is 1.87. The van der Waals surface area contributed by atoms with Gasteiger partial charge in [-0.05, 0) is 36.2 Å². The number of carbonyl (C=O) groups is 2. The van der Waals surface area contributed by atoms with Crippen molar-refractivity contribution in [1.82, 2.24) is 4.90 Å². The summed E-state index contributed by atoms with van der Waals surface area (Å²) in [7, 11) is 1.60. The van der Waals surface area contributed by atoms with Crippen LogP contribution in [0.4, 0.5) is 14.5 Å². The molecule has 3 rings (SSSR count). The van der Waals surface area contributed by atoms with Gasteiger partial charge in [-0.1, -0.05) is 24.3 Å². The number of nitrogens with zero attached hydrogens (tertiary/aromatic N) is 1. The second kappa shape index (κ2) is 6.63. The van der Waals surface area contributed by atoms with Crippen LogP contribution in [-0.2, 0) is 9.59 Å². The predicted molar refractivity (Wildman–Crippen MR) is 90.0 cm³/mol. The third-order valence-corrected chi connectivity index (χ3v) is 4.65. The topological polar surface area (TPSA) is 49.4 Å². The van der Waals surface area contributed by atoms with E-state index in [0.717, 1.165) is 17.7 Å². The standard InChI is InChI=1S/C19H18F2N2O2/c1-11(12-7-8-15(20)16(21)9-12)23(2)19(25)14-10-18(24)22-17-6-4-3-5-13(14)17/h3-9,11,14H,10H2,1-2H3,(H,22,24). The minimum Gasteiger partial charge on any atom is -0.338 e. The maximum atomic E-state index is 13.5. The Bertz CT molecular complexity index is 838. The molecule has 2 aromatic rings. The Hall–Kier alpha value is -2.76. The molecule has 2 amide bonds. The van der Waals surface area contributed by atoms with Crippen LogP contribution in [0, 0.1) is 11.6 Å². The monoisotopic (exact) mass is 344 g/mol. The van der Waals surface area contributed by atoms with Crippen molar-refractivity contribution in [3.05, 3.63) is 65.2 Å². The number of nitrogens with one attached hydrogen (secondary N) is 1. The molecule has 4 nitrogen and oxygen atoms in total. The number of likely N-dealkylation sites (N-methyl/N-ethyl adjacent to an activating group) is 1. The smallest absolute Gasteiger partial charge is 0.230 e. The highest BCUT2D eigenvalue weighted by molar-refractivity contribution is 6.01. The number of fused-ring (bicyclic) bond motifs is 1. The summed E-state index contributed by atoms with van der Waals surface area (Å²) in [5, 5.41) is 2.76. The fourth-order valence-electron chi connectivity index (χ4n) is 3.06. The summed E-state index contributed by atoms with van der Waals surface area (Å²) in [5.41, 5.74) is 1.88. The van der Waals surface area contributed by atoms with Crippen molar-refractivity contribution >= 4 is 17.5 Å². The molecule has 130 valence electrons. The highest BCUT2D eigenvalue weighted by atomic mass is 19.2. The van der Waals surface area contributed by atoms with Gasteiger partial charge in [0.05, 0.1) is 12.0 Å². The first kappa shape index (κ1) is 17.1. The fourth-order valence-corrected chi connectivity index (χ4v) is 3.06. The Morgan fingerprint density at radius 3 is 2.64 bits per heavy atom. The molecule has 0 saturated carbocycles. The zero-order valence-corrected chi connectivity index (χ0v) is 13.9. The number of halogens is 2. The lowest BCUT2D eigenvalue weighted by Crippen LogP contribution is -2.37. The number of anilines is 1. The van der Waals surface area contributed by atoms with Crippen molar-refractivity contribution in [2.24, 2.45) is 0 Å². The number of hydrogen-bond donors (Lipinski definition) is 1. The average molecular weight is 344 g/mol. The van der Waals surface area contributed by atoms with Gasteiger partial charge in [-0.25, -0.2) is 8.78 Å². The van der Waals surface area contributed by atoms with Gasteiger partial charge in [0.15, 0.2) is 11.6 Å². The maximum Gasteiger partial charge on any atom is 0.230 e. The highest BCUT2D eigenvalue weighted by Gasteiger charge is 2.33. The van der Waals surface area contributed by atoms with Gasteiger partial charge < -0.3 is 10.2 Å². The summed E-state index contributed by atoms with van der Waals surface area (Å²) in [4.78, 5) is 26.3. The molecular formula is C19H18F2N2O2. The minimum atomic E-state index is -0.951. The van der Waals surface area contributed by atoms with E-state index in [1.54, 1.807) is 26.1 Å². The molecule has 1 aliphatic rings. The van der Waals surface area contributed by atoms with E-state index in [4.69, 9.17) is 0 Å². The molecule has 2 unspecified atom stereocenters. The van der Waals surface area contributed by atoms with Crippen LogP contribution in [0.25, 0.3) is 0 Å². The molecule has 0 aliphatic carbocycles. The Kier molecular flexibility index (Phi) is 4.53. The van der Waals surface area contributed by atoms with Crippen LogP contribution in [0.5, 0.6) is 0 Å². The largest absolute Gasteiger partial charge is 0.338 e. The highest BCUT2D eigenvalue weighted by Crippen LogP contribution is 2.34. The van der Waals surface area contributed by atoms with Gasteiger partial charge in [-0.2, -0.15) is 0 Å². The van der Waals surface area contributed by atoms with E-state index in [9.17, 15) is 18.4 Å². The molecule has 1 N–H and O–H groups in total.